The molecule has 0 aliphatic carbocycles. The van der Waals surface area contributed by atoms with Gasteiger partial charge in [-0.05, 0) is 23.6 Å². The average Bonchev–Trinajstić information content (AvgIpc) is 3.26. The summed E-state index contributed by atoms with van der Waals surface area (Å²) in [7, 11) is 1.69. The minimum Gasteiger partial charge on any atom is -0.467 e. The van der Waals surface area contributed by atoms with Gasteiger partial charge in [0.1, 0.15) is 5.76 Å². The Labute approximate surface area is 163 Å². The third-order valence-electron chi connectivity index (χ3n) is 3.28. The van der Waals surface area contributed by atoms with Crippen LogP contribution in [0.3, 0.4) is 0 Å². The second-order valence-electron chi connectivity index (χ2n) is 5.08. The van der Waals surface area contributed by atoms with Crippen LogP contribution >= 0.6 is 35.3 Å². The van der Waals surface area contributed by atoms with Crippen LogP contribution in [0, 0.1) is 0 Å². The SMILES string of the molecule is CN=C(NCC(=O)NCc1ccco1)NCC(C)c1cccs1.I. The van der Waals surface area contributed by atoms with E-state index in [4.69, 9.17) is 4.42 Å². The van der Waals surface area contributed by atoms with Gasteiger partial charge < -0.3 is 20.4 Å². The summed E-state index contributed by atoms with van der Waals surface area (Å²) in [6.07, 6.45) is 1.58. The van der Waals surface area contributed by atoms with Crippen molar-refractivity contribution in [3.8, 4) is 0 Å². The number of carbonyl (C=O) groups excluding carboxylic acids is 1. The van der Waals surface area contributed by atoms with Crippen LogP contribution in [0.25, 0.3) is 0 Å². The van der Waals surface area contributed by atoms with Crippen molar-refractivity contribution in [2.75, 3.05) is 20.1 Å². The first-order valence-corrected chi connectivity index (χ1v) is 8.34. The molecule has 8 heteroatoms. The molecule has 0 aliphatic heterocycles. The molecule has 0 spiro atoms. The van der Waals surface area contributed by atoms with Gasteiger partial charge in [0.05, 0.1) is 19.4 Å². The fourth-order valence-corrected chi connectivity index (χ4v) is 2.76. The monoisotopic (exact) mass is 462 g/mol. The van der Waals surface area contributed by atoms with Gasteiger partial charge in [0, 0.05) is 24.4 Å². The topological polar surface area (TPSA) is 78.7 Å². The van der Waals surface area contributed by atoms with Gasteiger partial charge >= 0.3 is 0 Å². The van der Waals surface area contributed by atoms with Crippen LogP contribution in [0.1, 0.15) is 23.5 Å². The lowest BCUT2D eigenvalue weighted by atomic mass is 10.1. The molecule has 0 aromatic carbocycles. The molecule has 6 nitrogen and oxygen atoms in total. The molecule has 2 heterocycles. The van der Waals surface area contributed by atoms with Gasteiger partial charge in [0.2, 0.25) is 5.91 Å². The summed E-state index contributed by atoms with van der Waals surface area (Å²) in [4.78, 5) is 17.2. The number of hydrogen-bond donors (Lipinski definition) is 3. The molecule has 0 bridgehead atoms. The summed E-state index contributed by atoms with van der Waals surface area (Å²) in [6, 6.07) is 7.78. The lowest BCUT2D eigenvalue weighted by molar-refractivity contribution is -0.120. The Bertz CT molecular complexity index is 614. The molecule has 0 fully saturated rings. The molecule has 2 rings (SSSR count). The number of thiophene rings is 1. The first-order valence-electron chi connectivity index (χ1n) is 7.46. The van der Waals surface area contributed by atoms with E-state index in [1.165, 1.54) is 4.88 Å². The fourth-order valence-electron chi connectivity index (χ4n) is 1.97. The molecule has 24 heavy (non-hydrogen) atoms. The van der Waals surface area contributed by atoms with Crippen LogP contribution < -0.4 is 16.0 Å². The van der Waals surface area contributed by atoms with E-state index in [2.05, 4.69) is 39.3 Å². The number of aliphatic imine (C=N–C) groups is 1. The predicted octanol–water partition coefficient (Wildman–Crippen LogP) is 2.54. The van der Waals surface area contributed by atoms with E-state index in [1.807, 2.05) is 12.1 Å². The summed E-state index contributed by atoms with van der Waals surface area (Å²) in [5.41, 5.74) is 0. The number of nitrogens with zero attached hydrogens (tertiary/aromatic N) is 1. The number of guanidine groups is 1. The van der Waals surface area contributed by atoms with Crippen molar-refractivity contribution >= 4 is 47.2 Å². The third kappa shape index (κ3) is 6.91. The highest BCUT2D eigenvalue weighted by Gasteiger charge is 2.08. The van der Waals surface area contributed by atoms with Gasteiger partial charge in [-0.2, -0.15) is 0 Å². The predicted molar refractivity (Wildman–Crippen MR) is 108 cm³/mol. The third-order valence-corrected chi connectivity index (χ3v) is 4.39. The Morgan fingerprint density at radius 3 is 2.75 bits per heavy atom. The van der Waals surface area contributed by atoms with Gasteiger partial charge in [-0.1, -0.05) is 13.0 Å². The van der Waals surface area contributed by atoms with E-state index in [1.54, 1.807) is 30.7 Å². The maximum atomic E-state index is 11.8. The van der Waals surface area contributed by atoms with Gasteiger partial charge in [0.25, 0.3) is 0 Å². The van der Waals surface area contributed by atoms with Crippen LogP contribution in [0.2, 0.25) is 0 Å². The number of rotatable bonds is 7. The molecule has 1 amide bonds. The Kier molecular flexibility index (Phi) is 9.46. The Morgan fingerprint density at radius 1 is 1.29 bits per heavy atom. The fraction of sp³-hybridized carbons (Fsp3) is 0.375. The Balaban J connectivity index is 0.00000288. The largest absolute Gasteiger partial charge is 0.467 e. The molecule has 3 N–H and O–H groups in total. The van der Waals surface area contributed by atoms with Crippen molar-refractivity contribution < 1.29 is 9.21 Å². The second-order valence-corrected chi connectivity index (χ2v) is 6.06. The quantitative estimate of drug-likeness (QED) is 0.336. The number of amides is 1. The summed E-state index contributed by atoms with van der Waals surface area (Å²) in [5.74, 6) is 1.61. The molecule has 1 unspecified atom stereocenters. The Hall–Kier alpha value is -1.55. The van der Waals surface area contributed by atoms with Crippen LogP contribution in [0.4, 0.5) is 0 Å². The number of nitrogens with one attached hydrogen (secondary N) is 3. The highest BCUT2D eigenvalue weighted by Crippen LogP contribution is 2.19. The molecule has 1 atom stereocenters. The van der Waals surface area contributed by atoms with Crippen molar-refractivity contribution in [1.29, 1.82) is 0 Å². The summed E-state index contributed by atoms with van der Waals surface area (Å²) >= 11 is 1.74. The lowest BCUT2D eigenvalue weighted by Gasteiger charge is -2.15. The lowest BCUT2D eigenvalue weighted by Crippen LogP contribution is -2.43. The van der Waals surface area contributed by atoms with E-state index in [0.717, 1.165) is 12.3 Å². The molecule has 0 aliphatic rings. The van der Waals surface area contributed by atoms with Crippen LogP contribution in [-0.2, 0) is 11.3 Å². The molecule has 2 aromatic rings. The van der Waals surface area contributed by atoms with Crippen molar-refractivity contribution in [3.63, 3.8) is 0 Å². The van der Waals surface area contributed by atoms with E-state index >= 15 is 0 Å². The van der Waals surface area contributed by atoms with Gasteiger partial charge in [-0.15, -0.1) is 35.3 Å². The standard InChI is InChI=1S/C16H22N4O2S.HI/c1-12(14-6-4-8-23-14)9-19-16(17-2)20-11-15(21)18-10-13-5-3-7-22-13;/h3-8,12H,9-11H2,1-2H3,(H,18,21)(H2,17,19,20);1H. The molecule has 0 saturated heterocycles. The molecule has 0 saturated carbocycles. The van der Waals surface area contributed by atoms with Gasteiger partial charge in [0.15, 0.2) is 5.96 Å². The molecule has 0 radical (unpaired) electrons. The maximum Gasteiger partial charge on any atom is 0.239 e. The van der Waals surface area contributed by atoms with E-state index in [0.29, 0.717) is 18.4 Å². The average molecular weight is 462 g/mol. The molecule has 132 valence electrons. The zero-order valence-corrected chi connectivity index (χ0v) is 16.9. The van der Waals surface area contributed by atoms with Crippen LogP contribution in [0.5, 0.6) is 0 Å². The highest BCUT2D eigenvalue weighted by atomic mass is 127. The van der Waals surface area contributed by atoms with Crippen LogP contribution in [0.15, 0.2) is 45.3 Å². The number of furan rings is 1. The minimum atomic E-state index is -0.115. The molecular weight excluding hydrogens is 439 g/mol. The summed E-state index contributed by atoms with van der Waals surface area (Å²) < 4.78 is 5.16. The normalized spacial score (nSPS) is 12.2. The highest BCUT2D eigenvalue weighted by molar-refractivity contribution is 14.0. The first kappa shape index (κ1) is 20.5. The molecular formula is C16H23IN4O2S. The van der Waals surface area contributed by atoms with Gasteiger partial charge in [-0.25, -0.2) is 0 Å². The van der Waals surface area contributed by atoms with E-state index < -0.39 is 0 Å². The number of halogens is 1. The van der Waals surface area contributed by atoms with E-state index in [9.17, 15) is 4.79 Å². The minimum absolute atomic E-state index is 0. The summed E-state index contributed by atoms with van der Waals surface area (Å²) in [6.45, 7) is 3.46. The smallest absolute Gasteiger partial charge is 0.239 e. The van der Waals surface area contributed by atoms with Crippen molar-refractivity contribution in [2.45, 2.75) is 19.4 Å². The van der Waals surface area contributed by atoms with Crippen LogP contribution in [-0.4, -0.2) is 32.0 Å². The molecule has 2 aromatic heterocycles. The number of carbonyl (C=O) groups is 1. The summed E-state index contributed by atoms with van der Waals surface area (Å²) in [5, 5.41) is 11.1. The van der Waals surface area contributed by atoms with Crippen molar-refractivity contribution in [1.82, 2.24) is 16.0 Å². The van der Waals surface area contributed by atoms with Crippen molar-refractivity contribution in [2.24, 2.45) is 4.99 Å². The first-order chi connectivity index (χ1) is 11.2. The van der Waals surface area contributed by atoms with Gasteiger partial charge in [-0.3, -0.25) is 9.79 Å². The zero-order valence-electron chi connectivity index (χ0n) is 13.7. The zero-order chi connectivity index (χ0) is 16.5. The number of hydrogen-bond acceptors (Lipinski definition) is 4. The Morgan fingerprint density at radius 2 is 2.12 bits per heavy atom. The van der Waals surface area contributed by atoms with Crippen molar-refractivity contribution in [3.05, 3.63) is 46.5 Å². The maximum absolute atomic E-state index is 11.8. The van der Waals surface area contributed by atoms with E-state index in [-0.39, 0.29) is 36.4 Å². The second kappa shape index (κ2) is 11.1.